The van der Waals surface area contributed by atoms with Crippen LogP contribution in [0.25, 0.3) is 0 Å². The van der Waals surface area contributed by atoms with Gasteiger partial charge in [-0.1, -0.05) is 23.4 Å². The van der Waals surface area contributed by atoms with E-state index in [0.717, 1.165) is 0 Å². The van der Waals surface area contributed by atoms with Gasteiger partial charge in [0.15, 0.2) is 11.9 Å². The minimum atomic E-state index is -2.59. The molecule has 140 valence electrons. The first-order valence-corrected chi connectivity index (χ1v) is 8.63. The third-order valence-corrected chi connectivity index (χ3v) is 4.41. The maximum absolute atomic E-state index is 13.2. The Hall–Kier alpha value is -2.51. The number of halogens is 2. The Kier molecular flexibility index (Phi) is 5.49. The molecule has 6 nitrogen and oxygen atoms in total. The van der Waals surface area contributed by atoms with Gasteiger partial charge < -0.3 is 14.6 Å². The molecule has 1 aromatic carbocycles. The highest BCUT2D eigenvalue weighted by Gasteiger charge is 2.37. The van der Waals surface area contributed by atoms with Crippen molar-refractivity contribution >= 4 is 5.91 Å². The number of nitrogens with zero attached hydrogens (tertiary/aromatic N) is 2. The van der Waals surface area contributed by atoms with Crippen LogP contribution in [0.3, 0.4) is 0 Å². The van der Waals surface area contributed by atoms with Gasteiger partial charge in [-0.25, -0.2) is 8.78 Å². The lowest BCUT2D eigenvalue weighted by atomic mass is 9.86. The van der Waals surface area contributed by atoms with Crippen molar-refractivity contribution in [2.45, 2.75) is 57.1 Å². The van der Waals surface area contributed by atoms with Crippen molar-refractivity contribution in [3.05, 3.63) is 42.0 Å². The number of hydrogen-bond acceptors (Lipinski definition) is 5. The number of rotatable bonds is 6. The molecule has 1 amide bonds. The molecule has 1 saturated carbocycles. The molecule has 1 aliphatic rings. The van der Waals surface area contributed by atoms with Crippen molar-refractivity contribution in [1.82, 2.24) is 15.5 Å². The van der Waals surface area contributed by atoms with Crippen LogP contribution in [0.5, 0.6) is 5.75 Å². The number of ether oxygens (including phenoxy) is 1. The number of hydrogen-bond donors (Lipinski definition) is 1. The van der Waals surface area contributed by atoms with Gasteiger partial charge in [-0.05, 0) is 31.9 Å². The number of alkyl halides is 2. The monoisotopic (exact) mass is 365 g/mol. The first-order chi connectivity index (χ1) is 12.4. The average molecular weight is 365 g/mol. The van der Waals surface area contributed by atoms with Gasteiger partial charge in [-0.2, -0.15) is 4.98 Å². The van der Waals surface area contributed by atoms with E-state index in [1.54, 1.807) is 19.1 Å². The van der Waals surface area contributed by atoms with Crippen LogP contribution in [0.4, 0.5) is 8.78 Å². The minimum absolute atomic E-state index is 0.0667. The quantitative estimate of drug-likeness (QED) is 0.848. The Morgan fingerprint density at radius 2 is 2.04 bits per heavy atom. The van der Waals surface area contributed by atoms with E-state index in [1.165, 1.54) is 0 Å². The first-order valence-electron chi connectivity index (χ1n) is 8.63. The van der Waals surface area contributed by atoms with Gasteiger partial charge in [-0.15, -0.1) is 0 Å². The summed E-state index contributed by atoms with van der Waals surface area (Å²) >= 11 is 0. The predicted molar refractivity (Wildman–Crippen MR) is 88.8 cm³/mol. The molecule has 0 saturated heterocycles. The smallest absolute Gasteiger partial charge is 0.261 e. The zero-order valence-electron chi connectivity index (χ0n) is 14.5. The molecule has 1 N–H and O–H groups in total. The molecule has 0 aliphatic heterocycles. The van der Waals surface area contributed by atoms with Crippen molar-refractivity contribution in [1.29, 1.82) is 0 Å². The van der Waals surface area contributed by atoms with Gasteiger partial charge in [0, 0.05) is 18.8 Å². The Morgan fingerprint density at radius 3 is 2.73 bits per heavy atom. The Balaban J connectivity index is 1.48. The van der Waals surface area contributed by atoms with Crippen LogP contribution in [-0.2, 0) is 11.3 Å². The summed E-state index contributed by atoms with van der Waals surface area (Å²) in [6.45, 7) is 1.71. The van der Waals surface area contributed by atoms with E-state index >= 15 is 0 Å². The van der Waals surface area contributed by atoms with Gasteiger partial charge >= 0.3 is 0 Å². The molecule has 0 bridgehead atoms. The summed E-state index contributed by atoms with van der Waals surface area (Å²) in [7, 11) is 0. The molecule has 0 unspecified atom stereocenters. The fourth-order valence-corrected chi connectivity index (χ4v) is 2.87. The number of benzene rings is 1. The van der Waals surface area contributed by atoms with Gasteiger partial charge in [0.2, 0.25) is 11.8 Å². The highest BCUT2D eigenvalue weighted by atomic mass is 19.3. The topological polar surface area (TPSA) is 77.2 Å². The van der Waals surface area contributed by atoms with E-state index in [2.05, 4.69) is 15.5 Å². The minimum Gasteiger partial charge on any atom is -0.481 e. The molecule has 26 heavy (non-hydrogen) atoms. The van der Waals surface area contributed by atoms with Crippen LogP contribution < -0.4 is 10.1 Å². The van der Waals surface area contributed by atoms with E-state index in [9.17, 15) is 13.6 Å². The lowest BCUT2D eigenvalue weighted by Crippen LogP contribution is -2.36. The molecule has 1 atom stereocenters. The fraction of sp³-hybridized carbons (Fsp3) is 0.500. The maximum Gasteiger partial charge on any atom is 0.261 e. The van der Waals surface area contributed by atoms with Crippen molar-refractivity contribution in [3.8, 4) is 5.75 Å². The van der Waals surface area contributed by atoms with Gasteiger partial charge in [0.25, 0.3) is 5.91 Å². The van der Waals surface area contributed by atoms with Crippen molar-refractivity contribution < 1.29 is 22.8 Å². The third-order valence-electron chi connectivity index (χ3n) is 4.41. The SMILES string of the molecule is C[C@@H](Oc1ccccc1)C(=O)NCc1nc(C2CCC(F)(F)CC2)no1. The van der Waals surface area contributed by atoms with Crippen LogP contribution in [0.15, 0.2) is 34.9 Å². The molecule has 0 radical (unpaired) electrons. The van der Waals surface area contributed by atoms with Crippen molar-refractivity contribution in [2.24, 2.45) is 0 Å². The van der Waals surface area contributed by atoms with Crippen LogP contribution in [0.2, 0.25) is 0 Å². The average Bonchev–Trinajstić information content (AvgIpc) is 3.09. The lowest BCUT2D eigenvalue weighted by molar-refractivity contribution is -0.127. The molecule has 1 aliphatic carbocycles. The molecule has 1 heterocycles. The Bertz CT molecular complexity index is 726. The van der Waals surface area contributed by atoms with E-state index in [-0.39, 0.29) is 37.1 Å². The largest absolute Gasteiger partial charge is 0.481 e. The summed E-state index contributed by atoms with van der Waals surface area (Å²) < 4.78 is 37.1. The first kappa shape index (κ1) is 18.3. The summed E-state index contributed by atoms with van der Waals surface area (Å²) in [5.74, 6) is -1.75. The van der Waals surface area contributed by atoms with Crippen molar-refractivity contribution in [2.75, 3.05) is 0 Å². The number of aromatic nitrogens is 2. The van der Waals surface area contributed by atoms with Gasteiger partial charge in [0.05, 0.1) is 6.54 Å². The van der Waals surface area contributed by atoms with Gasteiger partial charge in [-0.3, -0.25) is 4.79 Å². The molecular weight excluding hydrogens is 344 g/mol. The van der Waals surface area contributed by atoms with Crippen LogP contribution >= 0.6 is 0 Å². The maximum atomic E-state index is 13.2. The second-order valence-corrected chi connectivity index (χ2v) is 6.47. The standard InChI is InChI=1S/C18H21F2N3O3/c1-12(25-14-5-3-2-4-6-14)17(24)21-11-15-22-16(23-26-15)13-7-9-18(19,20)10-8-13/h2-6,12-13H,7-11H2,1H3,(H,21,24)/t12-/m1/s1. The molecule has 3 rings (SSSR count). The van der Waals surface area contributed by atoms with Crippen LogP contribution in [-0.4, -0.2) is 28.1 Å². The summed E-state index contributed by atoms with van der Waals surface area (Å²) in [6.07, 6.45) is -0.333. The Morgan fingerprint density at radius 1 is 1.35 bits per heavy atom. The number of carbonyl (C=O) groups is 1. The second-order valence-electron chi connectivity index (χ2n) is 6.47. The van der Waals surface area contributed by atoms with Crippen molar-refractivity contribution in [3.63, 3.8) is 0 Å². The Labute approximate surface area is 149 Å². The lowest BCUT2D eigenvalue weighted by Gasteiger charge is -2.26. The number of carbonyl (C=O) groups excluding carboxylic acids is 1. The van der Waals surface area contributed by atoms with Crippen LogP contribution in [0.1, 0.15) is 50.2 Å². The number of para-hydroxylation sites is 1. The molecule has 1 aromatic heterocycles. The number of amides is 1. The molecule has 0 spiro atoms. The van der Waals surface area contributed by atoms with Crippen LogP contribution in [0, 0.1) is 0 Å². The molecule has 2 aromatic rings. The predicted octanol–water partition coefficient (Wildman–Crippen LogP) is 3.45. The van der Waals surface area contributed by atoms with E-state index in [1.807, 2.05) is 18.2 Å². The summed E-state index contributed by atoms with van der Waals surface area (Å²) in [5.41, 5.74) is 0. The molecule has 8 heteroatoms. The summed E-state index contributed by atoms with van der Waals surface area (Å²) in [6, 6.07) is 9.03. The van der Waals surface area contributed by atoms with E-state index in [4.69, 9.17) is 9.26 Å². The van der Waals surface area contributed by atoms with E-state index in [0.29, 0.717) is 24.4 Å². The summed E-state index contributed by atoms with van der Waals surface area (Å²) in [4.78, 5) is 16.3. The van der Waals surface area contributed by atoms with E-state index < -0.39 is 12.0 Å². The highest BCUT2D eigenvalue weighted by molar-refractivity contribution is 5.80. The molecule has 1 fully saturated rings. The zero-order valence-corrected chi connectivity index (χ0v) is 14.5. The molecular formula is C18H21F2N3O3. The number of nitrogens with one attached hydrogen (secondary N) is 1. The normalized spacial score (nSPS) is 18.3. The third kappa shape index (κ3) is 4.77. The highest BCUT2D eigenvalue weighted by Crippen LogP contribution is 2.39. The fourth-order valence-electron chi connectivity index (χ4n) is 2.87. The zero-order chi connectivity index (χ0) is 18.6. The second kappa shape index (κ2) is 7.80. The van der Waals surface area contributed by atoms with Gasteiger partial charge in [0.1, 0.15) is 5.75 Å². The summed E-state index contributed by atoms with van der Waals surface area (Å²) in [5, 5.41) is 6.53.